The Morgan fingerprint density at radius 2 is 1.79 bits per heavy atom. The molecule has 206 valence electrons. The van der Waals surface area contributed by atoms with E-state index in [2.05, 4.69) is 28.9 Å². The van der Waals surface area contributed by atoms with Gasteiger partial charge in [-0.2, -0.15) is 0 Å². The molecule has 1 fully saturated rings. The Kier molecular flexibility index (Phi) is 9.89. The Morgan fingerprint density at radius 1 is 0.974 bits per heavy atom. The van der Waals surface area contributed by atoms with Crippen LogP contribution in [0.3, 0.4) is 0 Å². The molecule has 0 bridgehead atoms. The lowest BCUT2D eigenvalue weighted by atomic mass is 10.1. The Morgan fingerprint density at radius 3 is 2.51 bits per heavy atom. The number of nitrogens with zero attached hydrogens (tertiary/aromatic N) is 5. The van der Waals surface area contributed by atoms with Crippen molar-refractivity contribution in [2.24, 2.45) is 5.92 Å². The van der Waals surface area contributed by atoms with Crippen LogP contribution in [-0.2, 0) is 16.0 Å². The number of carbonyl (C=O) groups excluding carboxylic acids is 2. The molecule has 0 radical (unpaired) electrons. The van der Waals surface area contributed by atoms with Crippen molar-refractivity contribution in [1.29, 1.82) is 0 Å². The minimum absolute atomic E-state index is 0.000946. The van der Waals surface area contributed by atoms with Gasteiger partial charge < -0.3 is 19.4 Å². The van der Waals surface area contributed by atoms with Crippen LogP contribution in [-0.4, -0.2) is 78.2 Å². The fraction of sp³-hybridized carbons (Fsp3) is 0.419. The van der Waals surface area contributed by atoms with Crippen LogP contribution >= 0.6 is 0 Å². The van der Waals surface area contributed by atoms with E-state index >= 15 is 0 Å². The molecule has 2 amide bonds. The molecule has 8 heteroatoms. The van der Waals surface area contributed by atoms with Gasteiger partial charge >= 0.3 is 0 Å². The largest absolute Gasteiger partial charge is 0.497 e. The molecule has 1 saturated heterocycles. The molecule has 2 heterocycles. The van der Waals surface area contributed by atoms with E-state index in [0.29, 0.717) is 38.5 Å². The van der Waals surface area contributed by atoms with Crippen LogP contribution in [0.15, 0.2) is 66.7 Å². The van der Waals surface area contributed by atoms with Crippen LogP contribution < -0.4 is 9.64 Å². The van der Waals surface area contributed by atoms with Gasteiger partial charge in [0.1, 0.15) is 5.75 Å². The van der Waals surface area contributed by atoms with E-state index in [9.17, 15) is 9.59 Å². The zero-order chi connectivity index (χ0) is 27.6. The summed E-state index contributed by atoms with van der Waals surface area (Å²) >= 11 is 0. The average molecular weight is 530 g/mol. The standard InChI is InChI=1S/C31H39N5O3/c1-4-24(2)22-36(30(37)20-25-10-6-5-7-11-25)23-31(38)35-17-9-16-34(18-19-35)29-15-14-28(32-33-29)26-12-8-13-27(21-26)39-3/h5-8,10-15,21,24H,4,9,16-20,22-23H2,1-3H3. The molecule has 0 aliphatic carbocycles. The second-order valence-electron chi connectivity index (χ2n) is 10.2. The van der Waals surface area contributed by atoms with Crippen LogP contribution in [0, 0.1) is 5.92 Å². The molecule has 1 aromatic heterocycles. The number of hydrogen-bond acceptors (Lipinski definition) is 6. The maximum Gasteiger partial charge on any atom is 0.242 e. The summed E-state index contributed by atoms with van der Waals surface area (Å²) in [6.45, 7) is 7.65. The molecule has 0 saturated carbocycles. The molecule has 3 aromatic rings. The summed E-state index contributed by atoms with van der Waals surface area (Å²) in [5.74, 6) is 1.90. The third-order valence-corrected chi connectivity index (χ3v) is 7.29. The Labute approximate surface area is 231 Å². The van der Waals surface area contributed by atoms with E-state index in [-0.39, 0.29) is 18.4 Å². The van der Waals surface area contributed by atoms with Crippen molar-refractivity contribution in [2.45, 2.75) is 33.1 Å². The highest BCUT2D eigenvalue weighted by atomic mass is 16.5. The summed E-state index contributed by atoms with van der Waals surface area (Å²) in [5.41, 5.74) is 2.70. The molecule has 0 spiro atoms. The van der Waals surface area contributed by atoms with E-state index < -0.39 is 0 Å². The van der Waals surface area contributed by atoms with Crippen molar-refractivity contribution < 1.29 is 14.3 Å². The molecule has 8 nitrogen and oxygen atoms in total. The molecule has 0 N–H and O–H groups in total. The zero-order valence-electron chi connectivity index (χ0n) is 23.3. The van der Waals surface area contributed by atoms with Crippen molar-refractivity contribution in [3.8, 4) is 17.0 Å². The Hall–Kier alpha value is -3.94. The third kappa shape index (κ3) is 7.78. The minimum atomic E-state index is -0.00213. The highest BCUT2D eigenvalue weighted by Crippen LogP contribution is 2.23. The number of methoxy groups -OCH3 is 1. The quantitative estimate of drug-likeness (QED) is 0.390. The number of benzene rings is 2. The fourth-order valence-electron chi connectivity index (χ4n) is 4.73. The zero-order valence-corrected chi connectivity index (χ0v) is 23.3. The van der Waals surface area contributed by atoms with E-state index in [1.807, 2.05) is 71.6 Å². The maximum atomic E-state index is 13.4. The summed E-state index contributed by atoms with van der Waals surface area (Å²) in [6.07, 6.45) is 2.09. The first kappa shape index (κ1) is 28.1. The predicted octanol–water partition coefficient (Wildman–Crippen LogP) is 4.31. The van der Waals surface area contributed by atoms with Crippen molar-refractivity contribution in [1.82, 2.24) is 20.0 Å². The van der Waals surface area contributed by atoms with Gasteiger partial charge in [-0.05, 0) is 42.2 Å². The van der Waals surface area contributed by atoms with Gasteiger partial charge in [-0.1, -0.05) is 62.7 Å². The van der Waals surface area contributed by atoms with Crippen LogP contribution in [0.1, 0.15) is 32.3 Å². The first-order valence-electron chi connectivity index (χ1n) is 13.8. The molecule has 1 unspecified atom stereocenters. The highest BCUT2D eigenvalue weighted by molar-refractivity contribution is 5.86. The lowest BCUT2D eigenvalue weighted by Gasteiger charge is -2.29. The van der Waals surface area contributed by atoms with Crippen LogP contribution in [0.5, 0.6) is 5.75 Å². The van der Waals surface area contributed by atoms with Gasteiger partial charge in [0.05, 0.1) is 25.8 Å². The summed E-state index contributed by atoms with van der Waals surface area (Å²) < 4.78 is 5.32. The molecule has 4 rings (SSSR count). The van der Waals surface area contributed by atoms with E-state index in [0.717, 1.165) is 47.8 Å². The van der Waals surface area contributed by atoms with Crippen LogP contribution in [0.4, 0.5) is 5.82 Å². The SMILES string of the molecule is CCC(C)CN(CC(=O)N1CCCN(c2ccc(-c3cccc(OC)c3)nn2)CC1)C(=O)Cc1ccccc1. The molecule has 1 aliphatic rings. The number of aromatic nitrogens is 2. The molecule has 1 aliphatic heterocycles. The maximum absolute atomic E-state index is 13.4. The molecule has 39 heavy (non-hydrogen) atoms. The molecular weight excluding hydrogens is 490 g/mol. The second kappa shape index (κ2) is 13.7. The number of carbonyl (C=O) groups is 2. The van der Waals surface area contributed by atoms with Gasteiger partial charge in [0.25, 0.3) is 0 Å². The third-order valence-electron chi connectivity index (χ3n) is 7.29. The normalized spacial score (nSPS) is 14.4. The van der Waals surface area contributed by atoms with Crippen molar-refractivity contribution >= 4 is 17.6 Å². The Bertz CT molecular complexity index is 1220. The monoisotopic (exact) mass is 529 g/mol. The summed E-state index contributed by atoms with van der Waals surface area (Å²) in [5, 5.41) is 8.92. The van der Waals surface area contributed by atoms with E-state index in [1.165, 1.54) is 0 Å². The smallest absolute Gasteiger partial charge is 0.242 e. The van der Waals surface area contributed by atoms with Gasteiger partial charge in [-0.25, -0.2) is 0 Å². The number of rotatable bonds is 10. The highest BCUT2D eigenvalue weighted by Gasteiger charge is 2.25. The predicted molar refractivity (Wildman–Crippen MR) is 154 cm³/mol. The molecule has 2 aromatic carbocycles. The van der Waals surface area contributed by atoms with Crippen LogP contribution in [0.25, 0.3) is 11.3 Å². The molecular formula is C31H39N5O3. The van der Waals surface area contributed by atoms with E-state index in [4.69, 9.17) is 4.74 Å². The van der Waals surface area contributed by atoms with Crippen molar-refractivity contribution in [2.75, 3.05) is 51.3 Å². The number of amides is 2. The van der Waals surface area contributed by atoms with Crippen molar-refractivity contribution in [3.05, 3.63) is 72.3 Å². The average Bonchev–Trinajstić information content (AvgIpc) is 3.24. The Balaban J connectivity index is 1.36. The summed E-state index contributed by atoms with van der Waals surface area (Å²) in [4.78, 5) is 32.3. The van der Waals surface area contributed by atoms with Gasteiger partial charge in [-0.3, -0.25) is 9.59 Å². The minimum Gasteiger partial charge on any atom is -0.497 e. The topological polar surface area (TPSA) is 78.9 Å². The van der Waals surface area contributed by atoms with Gasteiger partial charge in [0, 0.05) is 38.3 Å². The lowest BCUT2D eigenvalue weighted by molar-refractivity contribution is -0.140. The van der Waals surface area contributed by atoms with Gasteiger partial charge in [0.2, 0.25) is 11.8 Å². The number of ether oxygens (including phenoxy) is 1. The second-order valence-corrected chi connectivity index (χ2v) is 10.2. The first-order valence-corrected chi connectivity index (χ1v) is 13.8. The molecule has 1 atom stereocenters. The van der Waals surface area contributed by atoms with Crippen LogP contribution in [0.2, 0.25) is 0 Å². The van der Waals surface area contributed by atoms with Crippen molar-refractivity contribution in [3.63, 3.8) is 0 Å². The number of anilines is 1. The lowest BCUT2D eigenvalue weighted by Crippen LogP contribution is -2.46. The van der Waals surface area contributed by atoms with Gasteiger partial charge in [0.15, 0.2) is 5.82 Å². The van der Waals surface area contributed by atoms with Gasteiger partial charge in [-0.15, -0.1) is 10.2 Å². The summed E-state index contributed by atoms with van der Waals surface area (Å²) in [6, 6.07) is 21.4. The fourth-order valence-corrected chi connectivity index (χ4v) is 4.73. The summed E-state index contributed by atoms with van der Waals surface area (Å²) in [7, 11) is 1.65. The van der Waals surface area contributed by atoms with E-state index in [1.54, 1.807) is 12.0 Å². The number of hydrogen-bond donors (Lipinski definition) is 0. The first-order chi connectivity index (χ1) is 19.0.